The molecule has 3 heterocycles. The minimum atomic E-state index is -0.622. The zero-order valence-electron chi connectivity index (χ0n) is 16.1. The van der Waals surface area contributed by atoms with Gasteiger partial charge in [-0.3, -0.25) is 5.32 Å². The molecule has 0 atom stereocenters. The molecule has 0 aliphatic rings. The minimum absolute atomic E-state index is 0.154. The Kier molecular flexibility index (Phi) is 5.71. The normalized spacial score (nSPS) is 10.7. The highest BCUT2D eigenvalue weighted by atomic mass is 32.1. The van der Waals surface area contributed by atoms with Crippen LogP contribution in [0.3, 0.4) is 0 Å². The Hall–Kier alpha value is -4.06. The van der Waals surface area contributed by atoms with E-state index in [0.29, 0.717) is 27.2 Å². The molecule has 0 saturated heterocycles. The summed E-state index contributed by atoms with van der Waals surface area (Å²) in [5.41, 5.74) is 0.971. The molecule has 1 aromatic carbocycles. The van der Waals surface area contributed by atoms with E-state index < -0.39 is 17.7 Å². The fraction of sp³-hybridized carbons (Fsp3) is 0.158. The van der Waals surface area contributed by atoms with Crippen molar-refractivity contribution in [3.63, 3.8) is 0 Å². The fourth-order valence-corrected chi connectivity index (χ4v) is 3.60. The van der Waals surface area contributed by atoms with Crippen LogP contribution in [-0.2, 0) is 16.1 Å². The van der Waals surface area contributed by atoms with E-state index in [1.807, 2.05) is 0 Å². The van der Waals surface area contributed by atoms with Crippen molar-refractivity contribution >= 4 is 40.1 Å². The summed E-state index contributed by atoms with van der Waals surface area (Å²) in [7, 11) is 0. The number of thiophene rings is 1. The molecule has 0 fully saturated rings. The van der Waals surface area contributed by atoms with Crippen molar-refractivity contribution in [1.82, 2.24) is 20.2 Å². The topological polar surface area (TPSA) is 138 Å². The maximum absolute atomic E-state index is 12.6. The highest BCUT2D eigenvalue weighted by Gasteiger charge is 2.18. The summed E-state index contributed by atoms with van der Waals surface area (Å²) in [6.45, 7) is 1.76. The number of hydrogen-bond donors (Lipinski definition) is 1. The third-order valence-corrected chi connectivity index (χ3v) is 5.02. The Morgan fingerprint density at radius 1 is 1.23 bits per heavy atom. The molecule has 1 amide bonds. The van der Waals surface area contributed by atoms with Crippen LogP contribution in [0.5, 0.6) is 0 Å². The molecule has 4 aromatic rings. The summed E-state index contributed by atoms with van der Waals surface area (Å²) in [6, 6.07) is 7.72. The molecule has 1 N–H and O–H groups in total. The average molecular weight is 441 g/mol. The van der Waals surface area contributed by atoms with Crippen molar-refractivity contribution in [1.29, 1.82) is 0 Å². The lowest BCUT2D eigenvalue weighted by molar-refractivity contribution is 0.0479. The van der Waals surface area contributed by atoms with Crippen molar-refractivity contribution in [2.45, 2.75) is 13.5 Å². The van der Waals surface area contributed by atoms with Crippen LogP contribution in [0.1, 0.15) is 22.2 Å². The van der Waals surface area contributed by atoms with Gasteiger partial charge in [-0.05, 0) is 40.9 Å². The monoisotopic (exact) mass is 441 g/mol. The Morgan fingerprint density at radius 3 is 2.87 bits per heavy atom. The molecule has 0 unspecified atom stereocenters. The number of aromatic nitrogens is 4. The lowest BCUT2D eigenvalue weighted by atomic mass is 10.1. The van der Waals surface area contributed by atoms with Crippen LogP contribution in [0.4, 0.5) is 10.5 Å². The van der Waals surface area contributed by atoms with Gasteiger partial charge in [0.2, 0.25) is 0 Å². The molecule has 0 aliphatic carbocycles. The van der Waals surface area contributed by atoms with Crippen molar-refractivity contribution in [3.05, 3.63) is 62.9 Å². The first-order valence-electron chi connectivity index (χ1n) is 9.03. The first kappa shape index (κ1) is 20.2. The number of nitrogens with one attached hydrogen (secondary N) is 1. The Balaban J connectivity index is 1.55. The molecule has 0 saturated carbocycles. The van der Waals surface area contributed by atoms with Gasteiger partial charge in [0.1, 0.15) is 23.4 Å². The summed E-state index contributed by atoms with van der Waals surface area (Å²) in [4.78, 5) is 36.5. The maximum atomic E-state index is 12.6. The van der Waals surface area contributed by atoms with Crippen LogP contribution in [0.15, 0.2) is 51.3 Å². The molecule has 0 aliphatic heterocycles. The van der Waals surface area contributed by atoms with Crippen LogP contribution in [0.25, 0.3) is 16.7 Å². The molecule has 4 rings (SSSR count). The lowest BCUT2D eigenvalue weighted by Gasteiger charge is -2.09. The molecule has 0 spiro atoms. The van der Waals surface area contributed by atoms with Gasteiger partial charge in [0.25, 0.3) is 0 Å². The second kappa shape index (κ2) is 8.75. The number of ether oxygens (including phenoxy) is 2. The quantitative estimate of drug-likeness (QED) is 0.353. The number of carbonyl (C=O) groups excluding carboxylic acids is 2. The van der Waals surface area contributed by atoms with Gasteiger partial charge >= 0.3 is 17.7 Å². The molecular formula is C19H15N5O6S. The van der Waals surface area contributed by atoms with Crippen LogP contribution < -0.4 is 10.9 Å². The van der Waals surface area contributed by atoms with Crippen LogP contribution in [0, 0.1) is 0 Å². The van der Waals surface area contributed by atoms with E-state index in [0.717, 1.165) is 0 Å². The Bertz CT molecular complexity index is 1300. The zero-order valence-corrected chi connectivity index (χ0v) is 16.9. The number of tetrazole rings is 1. The number of anilines is 1. The Morgan fingerprint density at radius 2 is 2.10 bits per heavy atom. The number of benzene rings is 1. The van der Waals surface area contributed by atoms with E-state index in [-0.39, 0.29) is 18.8 Å². The molecule has 12 heteroatoms. The molecule has 158 valence electrons. The smallest absolute Gasteiger partial charge is 0.411 e. The second-order valence-corrected chi connectivity index (χ2v) is 7.03. The second-order valence-electron chi connectivity index (χ2n) is 6.11. The van der Waals surface area contributed by atoms with Gasteiger partial charge in [0.15, 0.2) is 0 Å². The minimum Gasteiger partial charge on any atom is -0.457 e. The molecule has 11 nitrogen and oxygen atoms in total. The van der Waals surface area contributed by atoms with Crippen LogP contribution in [-0.4, -0.2) is 38.9 Å². The zero-order chi connectivity index (χ0) is 21.8. The third kappa shape index (κ3) is 4.43. The summed E-state index contributed by atoms with van der Waals surface area (Å²) >= 11 is 1.19. The van der Waals surface area contributed by atoms with Gasteiger partial charge in [-0.25, -0.2) is 14.4 Å². The van der Waals surface area contributed by atoms with E-state index in [1.54, 1.807) is 30.5 Å². The van der Waals surface area contributed by atoms with Crippen LogP contribution >= 0.6 is 11.3 Å². The SMILES string of the molecule is CCOC(=O)Nc1ccc2c(COC(=O)c3sccc3-n3cnnn3)cc(=O)oc2c1. The third-order valence-electron chi connectivity index (χ3n) is 4.14. The van der Waals surface area contributed by atoms with Gasteiger partial charge in [-0.1, -0.05) is 0 Å². The number of fused-ring (bicyclic) bond motifs is 1. The van der Waals surface area contributed by atoms with Crippen molar-refractivity contribution < 1.29 is 23.5 Å². The van der Waals surface area contributed by atoms with E-state index in [2.05, 4.69) is 20.8 Å². The highest BCUT2D eigenvalue weighted by Crippen LogP contribution is 2.24. The van der Waals surface area contributed by atoms with E-state index in [4.69, 9.17) is 13.9 Å². The van der Waals surface area contributed by atoms with E-state index in [1.165, 1.54) is 34.5 Å². The standard InChI is InChI=1S/C19H15N5O6S/c1-2-28-19(27)21-12-3-4-13-11(7-16(25)30-15(13)8-12)9-29-18(26)17-14(5-6-31-17)24-10-20-22-23-24/h3-8,10H,2,9H2,1H3,(H,21,27). The summed E-state index contributed by atoms with van der Waals surface area (Å²) in [6.07, 6.45) is 0.750. The largest absolute Gasteiger partial charge is 0.457 e. The highest BCUT2D eigenvalue weighted by molar-refractivity contribution is 7.12. The van der Waals surface area contributed by atoms with Crippen molar-refractivity contribution in [2.24, 2.45) is 0 Å². The summed E-state index contributed by atoms with van der Waals surface area (Å²) < 4.78 is 16.8. The molecule has 31 heavy (non-hydrogen) atoms. The number of nitrogens with zero attached hydrogens (tertiary/aromatic N) is 4. The van der Waals surface area contributed by atoms with Gasteiger partial charge in [0.05, 0.1) is 12.3 Å². The summed E-state index contributed by atoms with van der Waals surface area (Å²) in [5, 5.41) is 15.7. The predicted molar refractivity (Wildman–Crippen MR) is 109 cm³/mol. The van der Waals surface area contributed by atoms with Gasteiger partial charge in [-0.15, -0.1) is 16.4 Å². The van der Waals surface area contributed by atoms with Gasteiger partial charge in [-0.2, -0.15) is 4.68 Å². The fourth-order valence-electron chi connectivity index (χ4n) is 2.83. The van der Waals surface area contributed by atoms with Gasteiger partial charge < -0.3 is 13.9 Å². The molecule has 0 bridgehead atoms. The Labute approximate surface area is 178 Å². The number of amides is 1. The molecule has 3 aromatic heterocycles. The molecule has 0 radical (unpaired) electrons. The molecular weight excluding hydrogens is 426 g/mol. The number of hydrogen-bond acceptors (Lipinski definition) is 10. The lowest BCUT2D eigenvalue weighted by Crippen LogP contribution is -2.13. The number of esters is 1. The van der Waals surface area contributed by atoms with Gasteiger partial charge in [0, 0.05) is 28.8 Å². The predicted octanol–water partition coefficient (Wildman–Crippen LogP) is 2.76. The average Bonchev–Trinajstić information content (AvgIpc) is 3.43. The van der Waals surface area contributed by atoms with Crippen molar-refractivity contribution in [3.8, 4) is 5.69 Å². The van der Waals surface area contributed by atoms with E-state index >= 15 is 0 Å². The first-order valence-corrected chi connectivity index (χ1v) is 9.91. The van der Waals surface area contributed by atoms with E-state index in [9.17, 15) is 14.4 Å². The number of carbonyl (C=O) groups is 2. The first-order chi connectivity index (χ1) is 15.0. The number of rotatable bonds is 6. The van der Waals surface area contributed by atoms with Crippen molar-refractivity contribution in [2.75, 3.05) is 11.9 Å². The summed E-state index contributed by atoms with van der Waals surface area (Å²) in [5.74, 6) is -0.581. The maximum Gasteiger partial charge on any atom is 0.411 e. The van der Waals surface area contributed by atoms with Crippen LogP contribution in [0.2, 0.25) is 0 Å².